The lowest BCUT2D eigenvalue weighted by molar-refractivity contribution is 1.17. The van der Waals surface area contributed by atoms with Crippen molar-refractivity contribution >= 4 is 38.9 Å². The number of rotatable bonds is 7. The Morgan fingerprint density at radius 1 is 0.426 bits per heavy atom. The molecule has 0 radical (unpaired) electrons. The molecule has 9 rings (SSSR count). The molecule has 7 aromatic carbocycles. The molecule has 6 nitrogen and oxygen atoms in total. The van der Waals surface area contributed by atoms with E-state index in [1.54, 1.807) is 0 Å². The van der Waals surface area contributed by atoms with Crippen LogP contribution in [0.1, 0.15) is 11.1 Å². The maximum atomic E-state index is 9.45. The van der Waals surface area contributed by atoms with E-state index in [9.17, 15) is 10.5 Å². The Morgan fingerprint density at radius 2 is 0.926 bits per heavy atom. The van der Waals surface area contributed by atoms with Gasteiger partial charge in [0.15, 0.2) is 5.82 Å². The van der Waals surface area contributed by atoms with Crippen LogP contribution >= 0.6 is 0 Å². The normalized spacial score (nSPS) is 10.9. The quantitative estimate of drug-likeness (QED) is 0.166. The first-order valence-corrected chi connectivity index (χ1v) is 17.6. The molecule has 0 spiro atoms. The number of aromatic nitrogens is 3. The third-order valence-corrected chi connectivity index (χ3v) is 9.67. The minimum Gasteiger partial charge on any atom is -0.310 e. The fraction of sp³-hybridized carbons (Fsp3) is 0. The van der Waals surface area contributed by atoms with Crippen LogP contribution in [0.2, 0.25) is 0 Å². The van der Waals surface area contributed by atoms with Gasteiger partial charge in [0.1, 0.15) is 0 Å². The predicted molar refractivity (Wildman–Crippen MR) is 217 cm³/mol. The number of fused-ring (bicyclic) bond motifs is 3. The molecule has 0 saturated carbocycles. The SMILES string of the molecule is N#Cc1ccc(N(c2ccc(C#N)cc2)c2ccc3c(c2)c2ccccc2n3-c2ccc(-c3cc(-c4ccccc4)nc(-c4ccccc4)n3)cc2)cc1. The summed E-state index contributed by atoms with van der Waals surface area (Å²) >= 11 is 0. The zero-order valence-electron chi connectivity index (χ0n) is 29.0. The molecule has 0 unspecified atom stereocenters. The minimum absolute atomic E-state index is 0.594. The number of hydrogen-bond donors (Lipinski definition) is 0. The first-order chi connectivity index (χ1) is 26.7. The van der Waals surface area contributed by atoms with E-state index in [1.165, 1.54) is 0 Å². The summed E-state index contributed by atoms with van der Waals surface area (Å²) in [5, 5.41) is 21.1. The molecule has 0 saturated heterocycles. The van der Waals surface area contributed by atoms with E-state index >= 15 is 0 Å². The van der Waals surface area contributed by atoms with Crippen LogP contribution in [0.4, 0.5) is 17.1 Å². The lowest BCUT2D eigenvalue weighted by Gasteiger charge is -2.25. The molecule has 2 aromatic heterocycles. The maximum Gasteiger partial charge on any atom is 0.160 e. The number of nitrogens with zero attached hydrogens (tertiary/aromatic N) is 6. The Morgan fingerprint density at radius 3 is 1.52 bits per heavy atom. The molecule has 0 bridgehead atoms. The molecular weight excluding hydrogens is 661 g/mol. The van der Waals surface area contributed by atoms with Gasteiger partial charge in [-0.25, -0.2) is 9.97 Å². The second-order valence-corrected chi connectivity index (χ2v) is 12.9. The highest BCUT2D eigenvalue weighted by atomic mass is 15.1. The van der Waals surface area contributed by atoms with Crippen LogP contribution in [-0.2, 0) is 0 Å². The summed E-state index contributed by atoms with van der Waals surface area (Å²) in [7, 11) is 0. The zero-order valence-corrected chi connectivity index (χ0v) is 29.0. The van der Waals surface area contributed by atoms with Gasteiger partial charge in [0.25, 0.3) is 0 Å². The number of benzene rings is 7. The Hall–Kier alpha value is -7.80. The molecule has 0 amide bonds. The molecule has 0 N–H and O–H groups in total. The molecule has 0 aliphatic rings. The van der Waals surface area contributed by atoms with Crippen molar-refractivity contribution in [1.29, 1.82) is 10.5 Å². The summed E-state index contributed by atoms with van der Waals surface area (Å²) in [6.45, 7) is 0. The van der Waals surface area contributed by atoms with E-state index in [1.807, 2.05) is 97.1 Å². The standard InChI is InChI=1S/C48H30N6/c49-31-33-15-21-38(22-16-33)53(39-23-17-34(32-50)18-24-39)41-27-28-47-43(29-41)42-13-7-8-14-46(42)54(47)40-25-19-36(20-26-40)45-30-44(35-9-3-1-4-10-35)51-48(52-45)37-11-5-2-6-12-37/h1-30H. The molecule has 6 heteroatoms. The van der Waals surface area contributed by atoms with Crippen LogP contribution < -0.4 is 4.90 Å². The number of hydrogen-bond acceptors (Lipinski definition) is 5. The largest absolute Gasteiger partial charge is 0.310 e. The average Bonchev–Trinajstić information content (AvgIpc) is 3.58. The fourth-order valence-electron chi connectivity index (χ4n) is 7.04. The van der Waals surface area contributed by atoms with Gasteiger partial charge < -0.3 is 9.47 Å². The van der Waals surface area contributed by atoms with Crippen LogP contribution in [0.3, 0.4) is 0 Å². The molecule has 0 fully saturated rings. The smallest absolute Gasteiger partial charge is 0.160 e. The van der Waals surface area contributed by atoms with Crippen molar-refractivity contribution in [2.24, 2.45) is 0 Å². The average molecular weight is 691 g/mol. The van der Waals surface area contributed by atoms with Gasteiger partial charge >= 0.3 is 0 Å². The van der Waals surface area contributed by atoms with Gasteiger partial charge in [-0.05, 0) is 91.0 Å². The van der Waals surface area contributed by atoms with E-state index in [-0.39, 0.29) is 0 Å². The molecule has 252 valence electrons. The lowest BCUT2D eigenvalue weighted by atomic mass is 10.1. The number of para-hydroxylation sites is 1. The second kappa shape index (κ2) is 13.7. The van der Waals surface area contributed by atoms with E-state index in [2.05, 4.69) is 107 Å². The molecule has 0 atom stereocenters. The van der Waals surface area contributed by atoms with Crippen molar-refractivity contribution < 1.29 is 0 Å². The van der Waals surface area contributed by atoms with Gasteiger partial charge in [0, 0.05) is 50.2 Å². The van der Waals surface area contributed by atoms with Gasteiger partial charge in [-0.1, -0.05) is 91.0 Å². The lowest BCUT2D eigenvalue weighted by Crippen LogP contribution is -2.10. The summed E-state index contributed by atoms with van der Waals surface area (Å²) in [6, 6.07) is 65.5. The Labute approximate surface area is 312 Å². The van der Waals surface area contributed by atoms with E-state index in [0.29, 0.717) is 17.0 Å². The van der Waals surface area contributed by atoms with Crippen LogP contribution in [-0.4, -0.2) is 14.5 Å². The highest BCUT2D eigenvalue weighted by Gasteiger charge is 2.18. The Balaban J connectivity index is 1.15. The fourth-order valence-corrected chi connectivity index (χ4v) is 7.04. The van der Waals surface area contributed by atoms with Gasteiger partial charge in [0.2, 0.25) is 0 Å². The first-order valence-electron chi connectivity index (χ1n) is 17.6. The van der Waals surface area contributed by atoms with Crippen molar-refractivity contribution in [3.8, 4) is 51.7 Å². The predicted octanol–water partition coefficient (Wildman–Crippen LogP) is 11.8. The van der Waals surface area contributed by atoms with E-state index < -0.39 is 0 Å². The summed E-state index contributed by atoms with van der Waals surface area (Å²) in [6.07, 6.45) is 0. The van der Waals surface area contributed by atoms with Crippen molar-refractivity contribution in [2.45, 2.75) is 0 Å². The first kappa shape index (κ1) is 32.1. The molecule has 54 heavy (non-hydrogen) atoms. The highest BCUT2D eigenvalue weighted by molar-refractivity contribution is 6.10. The summed E-state index contributed by atoms with van der Waals surface area (Å²) in [5.74, 6) is 0.685. The molecular formula is C48H30N6. The van der Waals surface area contributed by atoms with Crippen molar-refractivity contribution in [1.82, 2.24) is 14.5 Å². The highest BCUT2D eigenvalue weighted by Crippen LogP contribution is 2.40. The van der Waals surface area contributed by atoms with Crippen LogP contribution in [0.5, 0.6) is 0 Å². The van der Waals surface area contributed by atoms with Crippen LogP contribution in [0, 0.1) is 22.7 Å². The van der Waals surface area contributed by atoms with Crippen molar-refractivity contribution in [3.63, 3.8) is 0 Å². The Kier molecular flexibility index (Phi) is 8.17. The van der Waals surface area contributed by atoms with Gasteiger partial charge in [-0.2, -0.15) is 10.5 Å². The number of anilines is 3. The summed E-state index contributed by atoms with van der Waals surface area (Å²) < 4.78 is 2.30. The third-order valence-electron chi connectivity index (χ3n) is 9.67. The van der Waals surface area contributed by atoms with Gasteiger partial charge in [0.05, 0.1) is 45.7 Å². The number of nitriles is 2. The van der Waals surface area contributed by atoms with E-state index in [0.717, 1.165) is 72.6 Å². The molecule has 0 aliphatic heterocycles. The second-order valence-electron chi connectivity index (χ2n) is 12.9. The molecule has 0 aliphatic carbocycles. The van der Waals surface area contributed by atoms with E-state index in [4.69, 9.17) is 9.97 Å². The molecule has 2 heterocycles. The summed E-state index contributed by atoms with van der Waals surface area (Å²) in [4.78, 5) is 12.1. The monoisotopic (exact) mass is 690 g/mol. The van der Waals surface area contributed by atoms with Crippen molar-refractivity contribution in [3.05, 3.63) is 193 Å². The zero-order chi connectivity index (χ0) is 36.4. The van der Waals surface area contributed by atoms with Gasteiger partial charge in [-0.15, -0.1) is 0 Å². The van der Waals surface area contributed by atoms with Crippen molar-refractivity contribution in [2.75, 3.05) is 4.90 Å². The minimum atomic E-state index is 0.594. The van der Waals surface area contributed by atoms with Crippen LogP contribution in [0.15, 0.2) is 182 Å². The Bertz CT molecular complexity index is 2750. The van der Waals surface area contributed by atoms with Crippen LogP contribution in [0.25, 0.3) is 61.4 Å². The third kappa shape index (κ3) is 5.90. The maximum absolute atomic E-state index is 9.45. The van der Waals surface area contributed by atoms with Gasteiger partial charge in [-0.3, -0.25) is 0 Å². The topological polar surface area (TPSA) is 81.5 Å². The summed E-state index contributed by atoms with van der Waals surface area (Å²) in [5.41, 5.74) is 11.9. The molecule has 9 aromatic rings.